The number of aliphatic hydroxyl groups is 1. The number of carbonyl (C=O) groups excluding carboxylic acids is 2. The van der Waals surface area contributed by atoms with E-state index in [-0.39, 0.29) is 22.9 Å². The van der Waals surface area contributed by atoms with Gasteiger partial charge >= 0.3 is 5.91 Å². The van der Waals surface area contributed by atoms with E-state index >= 15 is 0 Å². The summed E-state index contributed by atoms with van der Waals surface area (Å²) in [6, 6.07) is 18.0. The molecule has 1 saturated heterocycles. The Morgan fingerprint density at radius 1 is 1.10 bits per heavy atom. The van der Waals surface area contributed by atoms with Gasteiger partial charge in [0.25, 0.3) is 5.78 Å². The van der Waals surface area contributed by atoms with E-state index in [4.69, 9.17) is 14.5 Å². The van der Waals surface area contributed by atoms with E-state index in [0.717, 1.165) is 21.6 Å². The molecule has 4 aromatic rings. The molecule has 2 atom stereocenters. The molecule has 2 aliphatic rings. The molecule has 1 amide bonds. The van der Waals surface area contributed by atoms with Gasteiger partial charge in [-0.05, 0) is 72.4 Å². The van der Waals surface area contributed by atoms with E-state index in [0.29, 0.717) is 40.6 Å². The van der Waals surface area contributed by atoms with Crippen molar-refractivity contribution in [1.82, 2.24) is 4.98 Å². The molecule has 210 valence electrons. The highest BCUT2D eigenvalue weighted by atomic mass is 32.1. The van der Waals surface area contributed by atoms with Crippen molar-refractivity contribution in [2.45, 2.75) is 58.6 Å². The number of aromatic nitrogens is 1. The van der Waals surface area contributed by atoms with E-state index in [1.807, 2.05) is 62.4 Å². The number of benzene rings is 3. The van der Waals surface area contributed by atoms with E-state index in [1.54, 1.807) is 12.1 Å². The van der Waals surface area contributed by atoms with Gasteiger partial charge in [-0.2, -0.15) is 0 Å². The average molecular weight is 569 g/mol. The maximum atomic E-state index is 13.7. The second-order valence-corrected chi connectivity index (χ2v) is 12.6. The average Bonchev–Trinajstić information content (AvgIpc) is 3.60. The summed E-state index contributed by atoms with van der Waals surface area (Å²) in [5.74, 6) is -0.200. The molecule has 0 saturated carbocycles. The Morgan fingerprint density at radius 3 is 2.56 bits per heavy atom. The van der Waals surface area contributed by atoms with E-state index in [1.165, 1.54) is 16.2 Å². The molecule has 0 bridgehead atoms. The van der Waals surface area contributed by atoms with Crippen LogP contribution >= 0.6 is 11.3 Å². The lowest BCUT2D eigenvalue weighted by atomic mass is 9.85. The molecule has 0 aliphatic carbocycles. The SMILES string of the molecule is CCOc1ccc2nc(N3C(=O)C(=O)/C(=C(/O)c4ccc5c(c4)CC(C)O5)C3c3ccc(C(C)(C)C)cc3)sc2c1. The molecule has 2 aliphatic heterocycles. The number of carbonyl (C=O) groups is 2. The van der Waals surface area contributed by atoms with Crippen LogP contribution in [0.4, 0.5) is 5.13 Å². The number of Topliss-reactive ketones (excluding diaryl/α,β-unsaturated/α-hetero) is 1. The van der Waals surface area contributed by atoms with Crippen molar-refractivity contribution in [3.05, 3.63) is 88.5 Å². The molecule has 0 radical (unpaired) electrons. The third kappa shape index (κ3) is 4.76. The Bertz CT molecular complexity index is 1710. The normalized spacial score (nSPS) is 20.0. The van der Waals surface area contributed by atoms with Crippen LogP contribution in [0, 0.1) is 0 Å². The summed E-state index contributed by atoms with van der Waals surface area (Å²) < 4.78 is 12.3. The molecule has 0 spiro atoms. The number of hydrogen-bond donors (Lipinski definition) is 1. The smallest absolute Gasteiger partial charge is 0.301 e. The van der Waals surface area contributed by atoms with Crippen molar-refractivity contribution in [2.75, 3.05) is 11.5 Å². The van der Waals surface area contributed by atoms with Crippen LogP contribution in [0.1, 0.15) is 62.9 Å². The minimum absolute atomic E-state index is 0.0385. The van der Waals surface area contributed by atoms with Gasteiger partial charge in [-0.15, -0.1) is 0 Å². The van der Waals surface area contributed by atoms with E-state index in [2.05, 4.69) is 20.8 Å². The van der Waals surface area contributed by atoms with Gasteiger partial charge in [0.1, 0.15) is 23.4 Å². The monoisotopic (exact) mass is 568 g/mol. The van der Waals surface area contributed by atoms with Gasteiger partial charge in [0.15, 0.2) is 5.13 Å². The fraction of sp³-hybridized carbons (Fsp3) is 0.303. The predicted octanol–water partition coefficient (Wildman–Crippen LogP) is 6.94. The molecule has 8 heteroatoms. The third-order valence-electron chi connectivity index (χ3n) is 7.57. The summed E-state index contributed by atoms with van der Waals surface area (Å²) in [6.07, 6.45) is 0.745. The molecule has 3 heterocycles. The van der Waals surface area contributed by atoms with Crippen LogP contribution in [0.15, 0.2) is 66.2 Å². The molecule has 2 unspecified atom stereocenters. The highest BCUT2D eigenvalue weighted by molar-refractivity contribution is 7.22. The number of thiazole rings is 1. The fourth-order valence-corrected chi connectivity index (χ4v) is 6.51. The Hall–Kier alpha value is -4.17. The number of nitrogens with zero attached hydrogens (tertiary/aromatic N) is 2. The second-order valence-electron chi connectivity index (χ2n) is 11.6. The second kappa shape index (κ2) is 10.0. The third-order valence-corrected chi connectivity index (χ3v) is 8.59. The zero-order valence-corrected chi connectivity index (χ0v) is 24.5. The number of ether oxygens (including phenoxy) is 2. The summed E-state index contributed by atoms with van der Waals surface area (Å²) in [5.41, 5.74) is 3.93. The standard InChI is InChI=1S/C33H32N2O5S/c1-6-39-23-12-13-24-26(17-23)41-32(34-24)35-28(19-7-10-22(11-8-19)33(3,4)5)27(30(37)31(35)38)29(36)20-9-14-25-21(16-20)15-18(2)40-25/h7-14,16-18,28,36H,6,15H2,1-5H3/b29-27+. The van der Waals surface area contributed by atoms with Gasteiger partial charge in [0.2, 0.25) is 0 Å². The van der Waals surface area contributed by atoms with Crippen LogP contribution in [0.2, 0.25) is 0 Å². The number of ketones is 1. The Morgan fingerprint density at radius 2 is 1.85 bits per heavy atom. The molecule has 1 fully saturated rings. The van der Waals surface area contributed by atoms with Crippen LogP contribution < -0.4 is 14.4 Å². The number of aliphatic hydroxyl groups excluding tert-OH is 1. The van der Waals surface area contributed by atoms with Gasteiger partial charge < -0.3 is 14.6 Å². The molecule has 1 N–H and O–H groups in total. The van der Waals surface area contributed by atoms with E-state index < -0.39 is 17.7 Å². The molecular formula is C33H32N2O5S. The van der Waals surface area contributed by atoms with Gasteiger partial charge in [0.05, 0.1) is 28.4 Å². The number of hydrogen-bond acceptors (Lipinski definition) is 7. The van der Waals surface area contributed by atoms with Crippen LogP contribution in [-0.4, -0.2) is 34.5 Å². The van der Waals surface area contributed by atoms with Gasteiger partial charge in [0, 0.05) is 12.0 Å². The molecule has 1 aromatic heterocycles. The zero-order valence-electron chi connectivity index (χ0n) is 23.7. The van der Waals surface area contributed by atoms with Crippen molar-refractivity contribution in [1.29, 1.82) is 0 Å². The van der Waals surface area contributed by atoms with Crippen molar-refractivity contribution < 1.29 is 24.2 Å². The highest BCUT2D eigenvalue weighted by Gasteiger charge is 2.48. The van der Waals surface area contributed by atoms with Gasteiger partial charge in [-0.1, -0.05) is 56.4 Å². The Balaban J connectivity index is 1.51. The topological polar surface area (TPSA) is 89.0 Å². The van der Waals surface area contributed by atoms with Crippen molar-refractivity contribution in [3.8, 4) is 11.5 Å². The largest absolute Gasteiger partial charge is 0.507 e. The van der Waals surface area contributed by atoms with Crippen molar-refractivity contribution in [2.24, 2.45) is 0 Å². The summed E-state index contributed by atoms with van der Waals surface area (Å²) in [5, 5.41) is 12.0. The van der Waals surface area contributed by atoms with Crippen LogP contribution in [0.3, 0.4) is 0 Å². The summed E-state index contributed by atoms with van der Waals surface area (Å²) in [4.78, 5) is 33.5. The number of fused-ring (bicyclic) bond motifs is 2. The Kier molecular flexibility index (Phi) is 6.61. The minimum Gasteiger partial charge on any atom is -0.507 e. The molecule has 7 nitrogen and oxygen atoms in total. The molecular weight excluding hydrogens is 536 g/mol. The van der Waals surface area contributed by atoms with Gasteiger partial charge in [-0.3, -0.25) is 14.5 Å². The minimum atomic E-state index is -0.848. The highest BCUT2D eigenvalue weighted by Crippen LogP contribution is 2.45. The summed E-state index contributed by atoms with van der Waals surface area (Å²) >= 11 is 1.31. The summed E-state index contributed by atoms with van der Waals surface area (Å²) in [6.45, 7) is 10.8. The Labute approximate surface area is 243 Å². The van der Waals surface area contributed by atoms with Gasteiger partial charge in [-0.25, -0.2) is 4.98 Å². The predicted molar refractivity (Wildman–Crippen MR) is 161 cm³/mol. The first-order chi connectivity index (χ1) is 19.5. The van der Waals surface area contributed by atoms with Crippen LogP contribution in [0.5, 0.6) is 11.5 Å². The lowest BCUT2D eigenvalue weighted by Crippen LogP contribution is -2.29. The molecule has 3 aromatic carbocycles. The number of anilines is 1. The van der Waals surface area contributed by atoms with Crippen molar-refractivity contribution in [3.63, 3.8) is 0 Å². The fourth-order valence-electron chi connectivity index (χ4n) is 5.49. The zero-order chi connectivity index (χ0) is 29.1. The quantitative estimate of drug-likeness (QED) is 0.159. The summed E-state index contributed by atoms with van der Waals surface area (Å²) in [7, 11) is 0. The lowest BCUT2D eigenvalue weighted by molar-refractivity contribution is -0.132. The first kappa shape index (κ1) is 27.0. The molecule has 41 heavy (non-hydrogen) atoms. The number of rotatable bonds is 5. The van der Waals surface area contributed by atoms with E-state index in [9.17, 15) is 14.7 Å². The first-order valence-corrected chi connectivity index (χ1v) is 14.6. The van der Waals surface area contributed by atoms with Crippen LogP contribution in [0.25, 0.3) is 16.0 Å². The lowest BCUT2D eigenvalue weighted by Gasteiger charge is -2.24. The maximum absolute atomic E-state index is 13.7. The molecule has 6 rings (SSSR count). The maximum Gasteiger partial charge on any atom is 0.301 e. The van der Waals surface area contributed by atoms with Crippen LogP contribution in [-0.2, 0) is 21.4 Å². The van der Waals surface area contributed by atoms with Crippen molar-refractivity contribution >= 4 is 44.1 Å². The first-order valence-electron chi connectivity index (χ1n) is 13.8. The number of amides is 1.